The monoisotopic (exact) mass is 255 g/mol. The molecule has 0 aromatic heterocycles. The number of nitro benzene ring substituents is 1. The van der Waals surface area contributed by atoms with Crippen molar-refractivity contribution in [3.05, 3.63) is 34.1 Å². The molecule has 0 spiro atoms. The van der Waals surface area contributed by atoms with Gasteiger partial charge >= 0.3 is 0 Å². The van der Waals surface area contributed by atoms with Gasteiger partial charge in [0.25, 0.3) is 5.69 Å². The van der Waals surface area contributed by atoms with E-state index in [0.717, 1.165) is 18.2 Å². The molecule has 0 fully saturated rings. The fraction of sp³-hybridized carbons (Fsp3) is 0.364. The third-order valence-corrected chi connectivity index (χ3v) is 2.82. The molecular formula is C11H14FN3O3. The fourth-order valence-corrected chi connectivity index (χ4v) is 1.39. The van der Waals surface area contributed by atoms with Gasteiger partial charge in [0.15, 0.2) is 0 Å². The third-order valence-electron chi connectivity index (χ3n) is 2.82. The molecule has 0 saturated carbocycles. The molecule has 18 heavy (non-hydrogen) atoms. The van der Waals surface area contributed by atoms with Crippen molar-refractivity contribution < 1.29 is 14.1 Å². The number of rotatable bonds is 5. The van der Waals surface area contributed by atoms with Crippen molar-refractivity contribution in [1.82, 2.24) is 0 Å². The van der Waals surface area contributed by atoms with Crippen LogP contribution in [0.5, 0.6) is 0 Å². The summed E-state index contributed by atoms with van der Waals surface area (Å²) >= 11 is 0. The first kappa shape index (κ1) is 13.9. The van der Waals surface area contributed by atoms with E-state index in [9.17, 15) is 19.3 Å². The molecule has 0 heterocycles. The van der Waals surface area contributed by atoms with Gasteiger partial charge in [-0.1, -0.05) is 6.92 Å². The molecule has 6 nitrogen and oxygen atoms in total. The van der Waals surface area contributed by atoms with Gasteiger partial charge in [0.05, 0.1) is 4.92 Å². The van der Waals surface area contributed by atoms with Gasteiger partial charge in [0, 0.05) is 12.1 Å². The van der Waals surface area contributed by atoms with Crippen LogP contribution < -0.4 is 11.1 Å². The van der Waals surface area contributed by atoms with Crippen molar-refractivity contribution in [2.24, 2.45) is 5.73 Å². The van der Waals surface area contributed by atoms with E-state index in [1.54, 1.807) is 6.92 Å². The van der Waals surface area contributed by atoms with Gasteiger partial charge in [-0.15, -0.1) is 0 Å². The van der Waals surface area contributed by atoms with E-state index in [1.165, 1.54) is 6.92 Å². The number of nitro groups is 1. The lowest BCUT2D eigenvalue weighted by Gasteiger charge is -2.26. The number of benzene rings is 1. The maximum Gasteiger partial charge on any atom is 0.292 e. The van der Waals surface area contributed by atoms with E-state index >= 15 is 0 Å². The lowest BCUT2D eigenvalue weighted by molar-refractivity contribution is -0.384. The van der Waals surface area contributed by atoms with Crippen LogP contribution in [0.3, 0.4) is 0 Å². The van der Waals surface area contributed by atoms with Crippen molar-refractivity contribution in [3.63, 3.8) is 0 Å². The quantitative estimate of drug-likeness (QED) is 0.619. The van der Waals surface area contributed by atoms with Crippen molar-refractivity contribution in [3.8, 4) is 0 Å². The Morgan fingerprint density at radius 1 is 1.61 bits per heavy atom. The van der Waals surface area contributed by atoms with Gasteiger partial charge in [-0.2, -0.15) is 0 Å². The predicted molar refractivity (Wildman–Crippen MR) is 64.6 cm³/mol. The van der Waals surface area contributed by atoms with Crippen LogP contribution in [0.1, 0.15) is 20.3 Å². The van der Waals surface area contributed by atoms with Crippen LogP contribution in [0.4, 0.5) is 15.8 Å². The van der Waals surface area contributed by atoms with Crippen LogP contribution in [-0.4, -0.2) is 16.4 Å². The minimum atomic E-state index is -1.17. The fourth-order valence-electron chi connectivity index (χ4n) is 1.39. The Bertz CT molecular complexity index is 492. The molecule has 1 unspecified atom stereocenters. The van der Waals surface area contributed by atoms with Gasteiger partial charge in [0.1, 0.15) is 17.0 Å². The third kappa shape index (κ3) is 2.73. The van der Waals surface area contributed by atoms with Crippen LogP contribution >= 0.6 is 0 Å². The number of nitrogens with two attached hydrogens (primary N) is 1. The minimum Gasteiger partial charge on any atom is -0.368 e. The second kappa shape index (κ2) is 4.99. The average Bonchev–Trinajstić information content (AvgIpc) is 2.28. The highest BCUT2D eigenvalue weighted by Crippen LogP contribution is 2.28. The summed E-state index contributed by atoms with van der Waals surface area (Å²) in [6, 6.07) is 2.99. The molecule has 1 aromatic carbocycles. The van der Waals surface area contributed by atoms with Gasteiger partial charge in [-0.3, -0.25) is 14.9 Å². The SMILES string of the molecule is CCC(C)(Nc1cc(F)ccc1[N+](=O)[O-])C(N)=O. The molecule has 1 atom stereocenters. The van der Waals surface area contributed by atoms with Gasteiger partial charge in [0.2, 0.25) is 5.91 Å². The summed E-state index contributed by atoms with van der Waals surface area (Å²) in [6.45, 7) is 3.20. The van der Waals surface area contributed by atoms with Crippen LogP contribution in [0.2, 0.25) is 0 Å². The largest absolute Gasteiger partial charge is 0.368 e. The first-order valence-electron chi connectivity index (χ1n) is 5.32. The average molecular weight is 255 g/mol. The highest BCUT2D eigenvalue weighted by Gasteiger charge is 2.31. The predicted octanol–water partition coefficient (Wildman–Crippen LogP) is 1.80. The molecule has 1 aromatic rings. The molecule has 3 N–H and O–H groups in total. The lowest BCUT2D eigenvalue weighted by atomic mass is 9.97. The molecule has 98 valence electrons. The summed E-state index contributed by atoms with van der Waals surface area (Å²) in [4.78, 5) is 21.5. The lowest BCUT2D eigenvalue weighted by Crippen LogP contribution is -2.47. The van der Waals surface area contributed by atoms with E-state index in [2.05, 4.69) is 5.32 Å². The van der Waals surface area contributed by atoms with Crippen molar-refractivity contribution in [2.45, 2.75) is 25.8 Å². The second-order valence-electron chi connectivity index (χ2n) is 4.09. The molecule has 1 rings (SSSR count). The number of hydrogen-bond acceptors (Lipinski definition) is 4. The topological polar surface area (TPSA) is 98.3 Å². The Hall–Kier alpha value is -2.18. The number of anilines is 1. The molecule has 1 amide bonds. The molecule has 0 radical (unpaired) electrons. The molecular weight excluding hydrogens is 241 g/mol. The van der Waals surface area contributed by atoms with E-state index in [0.29, 0.717) is 6.42 Å². The van der Waals surface area contributed by atoms with Crippen LogP contribution in [0, 0.1) is 15.9 Å². The van der Waals surface area contributed by atoms with Crippen molar-refractivity contribution >= 4 is 17.3 Å². The second-order valence-corrected chi connectivity index (χ2v) is 4.09. The Labute approximate surface area is 103 Å². The first-order valence-corrected chi connectivity index (χ1v) is 5.32. The number of nitrogens with zero attached hydrogens (tertiary/aromatic N) is 1. The zero-order chi connectivity index (χ0) is 13.9. The summed E-state index contributed by atoms with van der Waals surface area (Å²) in [5.74, 6) is -1.30. The number of amides is 1. The highest BCUT2D eigenvalue weighted by atomic mass is 19.1. The molecule has 7 heteroatoms. The first-order chi connectivity index (χ1) is 8.30. The van der Waals surface area contributed by atoms with E-state index in [-0.39, 0.29) is 11.4 Å². The van der Waals surface area contributed by atoms with Gasteiger partial charge in [-0.05, 0) is 19.4 Å². The summed E-state index contributed by atoms with van der Waals surface area (Å²) in [5, 5.41) is 13.4. The smallest absolute Gasteiger partial charge is 0.292 e. The highest BCUT2D eigenvalue weighted by molar-refractivity contribution is 5.88. The summed E-state index contributed by atoms with van der Waals surface area (Å²) in [7, 11) is 0. The Kier molecular flexibility index (Phi) is 3.85. The number of carbonyl (C=O) groups excluding carboxylic acids is 1. The maximum absolute atomic E-state index is 13.1. The zero-order valence-electron chi connectivity index (χ0n) is 10.1. The van der Waals surface area contributed by atoms with Crippen LogP contribution in [0.15, 0.2) is 18.2 Å². The number of hydrogen-bond donors (Lipinski definition) is 2. The van der Waals surface area contributed by atoms with Crippen LogP contribution in [-0.2, 0) is 4.79 Å². The molecule has 0 bridgehead atoms. The van der Waals surface area contributed by atoms with Crippen LogP contribution in [0.25, 0.3) is 0 Å². The maximum atomic E-state index is 13.1. The van der Waals surface area contributed by atoms with Crippen molar-refractivity contribution in [2.75, 3.05) is 5.32 Å². The molecule has 0 aliphatic heterocycles. The number of nitrogens with one attached hydrogen (secondary N) is 1. The standard InChI is InChI=1S/C11H14FN3O3/c1-3-11(2,10(13)16)14-8-6-7(12)4-5-9(8)15(17)18/h4-6,14H,3H2,1-2H3,(H2,13,16). The van der Waals surface area contributed by atoms with Gasteiger partial charge < -0.3 is 11.1 Å². The normalized spacial score (nSPS) is 13.7. The van der Waals surface area contributed by atoms with E-state index < -0.39 is 22.2 Å². The summed E-state index contributed by atoms with van der Waals surface area (Å²) in [5.41, 5.74) is 3.69. The molecule has 0 aliphatic rings. The Morgan fingerprint density at radius 3 is 2.67 bits per heavy atom. The summed E-state index contributed by atoms with van der Waals surface area (Å²) < 4.78 is 13.1. The van der Waals surface area contributed by atoms with Crippen molar-refractivity contribution in [1.29, 1.82) is 0 Å². The van der Waals surface area contributed by atoms with E-state index in [1.807, 2.05) is 0 Å². The number of halogens is 1. The Balaban J connectivity index is 3.20. The van der Waals surface area contributed by atoms with E-state index in [4.69, 9.17) is 5.73 Å². The molecule has 0 saturated heterocycles. The molecule has 0 aliphatic carbocycles. The number of carbonyl (C=O) groups is 1. The zero-order valence-corrected chi connectivity index (χ0v) is 10.1. The Morgan fingerprint density at radius 2 is 2.22 bits per heavy atom. The van der Waals surface area contributed by atoms with Gasteiger partial charge in [-0.25, -0.2) is 4.39 Å². The number of primary amides is 1. The summed E-state index contributed by atoms with van der Waals surface area (Å²) in [6.07, 6.45) is 0.315. The minimum absolute atomic E-state index is 0.0665.